The zero-order valence-electron chi connectivity index (χ0n) is 12.6. The molecule has 0 aromatic carbocycles. The first-order valence-corrected chi connectivity index (χ1v) is 8.69. The molecule has 0 bridgehead atoms. The van der Waals surface area contributed by atoms with Crippen LogP contribution in [0.1, 0.15) is 29.4 Å². The fourth-order valence-corrected chi connectivity index (χ4v) is 3.38. The molecule has 0 fully saturated rings. The van der Waals surface area contributed by atoms with Crippen molar-refractivity contribution < 1.29 is 9.84 Å². The lowest BCUT2D eigenvalue weighted by atomic mass is 10.1. The molecular formula is C15H22N2O2S2. The van der Waals surface area contributed by atoms with Gasteiger partial charge in [0.05, 0.1) is 24.9 Å². The molecule has 6 heteroatoms. The molecule has 2 heterocycles. The van der Waals surface area contributed by atoms with E-state index in [0.29, 0.717) is 19.8 Å². The summed E-state index contributed by atoms with van der Waals surface area (Å²) < 4.78 is 5.52. The Kier molecular flexibility index (Phi) is 5.89. The van der Waals surface area contributed by atoms with Crippen molar-refractivity contribution in [2.24, 2.45) is 0 Å². The molecule has 0 saturated carbocycles. The van der Waals surface area contributed by atoms with E-state index in [2.05, 4.69) is 24.1 Å². The number of aromatic nitrogens is 1. The van der Waals surface area contributed by atoms with E-state index in [4.69, 9.17) is 4.74 Å². The van der Waals surface area contributed by atoms with Crippen LogP contribution < -0.4 is 5.32 Å². The lowest BCUT2D eigenvalue weighted by Crippen LogP contribution is -2.42. The third kappa shape index (κ3) is 5.16. The summed E-state index contributed by atoms with van der Waals surface area (Å²) in [6.45, 7) is 7.51. The van der Waals surface area contributed by atoms with Gasteiger partial charge in [-0.2, -0.15) is 0 Å². The molecule has 2 aromatic rings. The van der Waals surface area contributed by atoms with Crippen LogP contribution in [-0.2, 0) is 16.9 Å². The minimum Gasteiger partial charge on any atom is -0.389 e. The van der Waals surface area contributed by atoms with E-state index in [0.717, 1.165) is 10.7 Å². The molecule has 0 aliphatic carbocycles. The van der Waals surface area contributed by atoms with Gasteiger partial charge in [-0.25, -0.2) is 4.98 Å². The van der Waals surface area contributed by atoms with E-state index in [1.54, 1.807) is 22.7 Å². The fraction of sp³-hybridized carbons (Fsp3) is 0.533. The van der Waals surface area contributed by atoms with Gasteiger partial charge in [0, 0.05) is 22.5 Å². The summed E-state index contributed by atoms with van der Waals surface area (Å²) in [6.07, 6.45) is -0.523. The lowest BCUT2D eigenvalue weighted by Gasteiger charge is -2.25. The predicted octanol–water partition coefficient (Wildman–Crippen LogP) is 2.92. The summed E-state index contributed by atoms with van der Waals surface area (Å²) in [7, 11) is 0. The first kappa shape index (κ1) is 16.6. The molecule has 0 aliphatic rings. The van der Waals surface area contributed by atoms with Gasteiger partial charge < -0.3 is 15.2 Å². The maximum Gasteiger partial charge on any atom is 0.112 e. The number of aryl methyl sites for hydroxylation is 1. The molecule has 4 nitrogen and oxygen atoms in total. The smallest absolute Gasteiger partial charge is 0.112 e. The van der Waals surface area contributed by atoms with Gasteiger partial charge in [-0.05, 0) is 32.2 Å². The van der Waals surface area contributed by atoms with Crippen molar-refractivity contribution in [3.63, 3.8) is 0 Å². The second kappa shape index (κ2) is 7.47. The first-order chi connectivity index (χ1) is 9.97. The molecule has 2 aromatic heterocycles. The van der Waals surface area contributed by atoms with Gasteiger partial charge in [0.1, 0.15) is 5.01 Å². The van der Waals surface area contributed by atoms with Crippen molar-refractivity contribution in [1.82, 2.24) is 10.3 Å². The molecule has 2 rings (SSSR count). The number of ether oxygens (including phenoxy) is 1. The molecule has 1 atom stereocenters. The number of rotatable bonds is 8. The average Bonchev–Trinajstić information content (AvgIpc) is 3.08. The zero-order chi connectivity index (χ0) is 15.3. The normalized spacial score (nSPS) is 13.5. The topological polar surface area (TPSA) is 54.4 Å². The number of nitrogens with one attached hydrogen (secondary N) is 1. The number of nitrogens with zero attached hydrogens (tertiary/aromatic N) is 1. The Balaban J connectivity index is 1.71. The van der Waals surface area contributed by atoms with Gasteiger partial charge in [0.2, 0.25) is 0 Å². The molecule has 21 heavy (non-hydrogen) atoms. The summed E-state index contributed by atoms with van der Waals surface area (Å²) in [6, 6.07) is 4.03. The molecule has 2 N–H and O–H groups in total. The van der Waals surface area contributed by atoms with Crippen molar-refractivity contribution in [3.05, 3.63) is 38.5 Å². The number of thiazole rings is 1. The lowest BCUT2D eigenvalue weighted by molar-refractivity contribution is 0.0265. The molecule has 0 radical (unpaired) electrons. The fourth-order valence-electron chi connectivity index (χ4n) is 1.84. The average molecular weight is 326 g/mol. The summed E-state index contributed by atoms with van der Waals surface area (Å²) in [5.41, 5.74) is 0.790. The highest BCUT2D eigenvalue weighted by atomic mass is 32.1. The van der Waals surface area contributed by atoms with Crippen molar-refractivity contribution in [2.75, 3.05) is 13.2 Å². The van der Waals surface area contributed by atoms with E-state index in [9.17, 15) is 5.11 Å². The van der Waals surface area contributed by atoms with Crippen molar-refractivity contribution in [1.29, 1.82) is 0 Å². The Morgan fingerprint density at radius 1 is 1.43 bits per heavy atom. The van der Waals surface area contributed by atoms with Crippen molar-refractivity contribution in [2.45, 2.75) is 39.0 Å². The number of hydrogen-bond donors (Lipinski definition) is 2. The molecule has 1 unspecified atom stereocenters. The molecule has 0 spiro atoms. The SMILES string of the molecule is Cc1csc(C(C)(C)NCC(O)COCc2cccs2)n1. The second-order valence-electron chi connectivity index (χ2n) is 5.55. The van der Waals surface area contributed by atoms with Crippen LogP contribution in [0.3, 0.4) is 0 Å². The molecule has 116 valence electrons. The van der Waals surface area contributed by atoms with Gasteiger partial charge >= 0.3 is 0 Å². The summed E-state index contributed by atoms with van der Waals surface area (Å²) in [4.78, 5) is 5.68. The zero-order valence-corrected chi connectivity index (χ0v) is 14.3. The number of aliphatic hydroxyl groups is 1. The Bertz CT molecular complexity index is 538. The quantitative estimate of drug-likeness (QED) is 0.783. The summed E-state index contributed by atoms with van der Waals surface area (Å²) >= 11 is 3.30. The van der Waals surface area contributed by atoms with Crippen LogP contribution >= 0.6 is 22.7 Å². The number of aliphatic hydroxyl groups excluding tert-OH is 1. The van der Waals surface area contributed by atoms with Crippen molar-refractivity contribution in [3.8, 4) is 0 Å². The van der Waals surface area contributed by atoms with E-state index in [1.807, 2.05) is 29.8 Å². The minimum absolute atomic E-state index is 0.242. The van der Waals surface area contributed by atoms with E-state index in [-0.39, 0.29) is 5.54 Å². The van der Waals surface area contributed by atoms with Crippen LogP contribution in [0.15, 0.2) is 22.9 Å². The second-order valence-corrected chi connectivity index (χ2v) is 7.44. The molecule has 0 saturated heterocycles. The Hall–Kier alpha value is -0.790. The minimum atomic E-state index is -0.523. The number of hydrogen-bond acceptors (Lipinski definition) is 6. The Morgan fingerprint density at radius 3 is 2.86 bits per heavy atom. The van der Waals surface area contributed by atoms with Gasteiger partial charge in [0.15, 0.2) is 0 Å². The highest BCUT2D eigenvalue weighted by Crippen LogP contribution is 2.23. The van der Waals surface area contributed by atoms with Crippen LogP contribution in [0.25, 0.3) is 0 Å². The van der Waals surface area contributed by atoms with Crippen LogP contribution in [0.4, 0.5) is 0 Å². The first-order valence-electron chi connectivity index (χ1n) is 6.93. The highest BCUT2D eigenvalue weighted by Gasteiger charge is 2.24. The monoisotopic (exact) mass is 326 g/mol. The van der Waals surface area contributed by atoms with Crippen LogP contribution in [0, 0.1) is 6.92 Å². The van der Waals surface area contributed by atoms with Gasteiger partial charge in [-0.1, -0.05) is 6.07 Å². The largest absolute Gasteiger partial charge is 0.389 e. The molecule has 0 aliphatic heterocycles. The van der Waals surface area contributed by atoms with Crippen LogP contribution in [0.5, 0.6) is 0 Å². The predicted molar refractivity (Wildman–Crippen MR) is 87.9 cm³/mol. The number of thiophene rings is 1. The van der Waals surface area contributed by atoms with Crippen LogP contribution in [-0.4, -0.2) is 29.3 Å². The van der Waals surface area contributed by atoms with E-state index < -0.39 is 6.10 Å². The third-order valence-corrected chi connectivity index (χ3v) is 5.20. The Labute approximate surface area is 133 Å². The summed E-state index contributed by atoms with van der Waals surface area (Å²) in [5.74, 6) is 0. The van der Waals surface area contributed by atoms with E-state index >= 15 is 0 Å². The summed E-state index contributed by atoms with van der Waals surface area (Å²) in [5, 5.41) is 18.4. The molecular weight excluding hydrogens is 304 g/mol. The maximum atomic E-state index is 9.99. The third-order valence-electron chi connectivity index (χ3n) is 3.07. The van der Waals surface area contributed by atoms with Gasteiger partial charge in [0.25, 0.3) is 0 Å². The standard InChI is InChI=1S/C15H22N2O2S2/c1-11-10-21-14(17-11)15(2,3)16-7-12(18)8-19-9-13-5-4-6-20-13/h4-6,10,12,16,18H,7-9H2,1-3H3. The Morgan fingerprint density at radius 2 is 2.24 bits per heavy atom. The highest BCUT2D eigenvalue weighted by molar-refractivity contribution is 7.10. The molecule has 0 amide bonds. The van der Waals surface area contributed by atoms with Crippen LogP contribution in [0.2, 0.25) is 0 Å². The van der Waals surface area contributed by atoms with Gasteiger partial charge in [-0.3, -0.25) is 0 Å². The van der Waals surface area contributed by atoms with E-state index in [1.165, 1.54) is 4.88 Å². The van der Waals surface area contributed by atoms with Crippen molar-refractivity contribution >= 4 is 22.7 Å². The van der Waals surface area contributed by atoms with Gasteiger partial charge in [-0.15, -0.1) is 22.7 Å². The maximum absolute atomic E-state index is 9.99.